The minimum Gasteiger partial charge on any atom is -0.312 e. The lowest BCUT2D eigenvalue weighted by atomic mass is 10.4. The van der Waals surface area contributed by atoms with Crippen LogP contribution in [0.1, 0.15) is 23.7 Å². The normalized spacial score (nSPS) is 11.7. The Morgan fingerprint density at radius 3 is 2.75 bits per heavy atom. The molecule has 2 N–H and O–H groups in total. The standard InChI is InChI=1S/C11H16N4O2S3/c1-3-10-13-14-11(19-10)15-20(16,17)9-5-8(18-7-9)6-12-4-2/h5,7,12H,3-4,6H2,1-2H3,(H,14,15). The molecule has 20 heavy (non-hydrogen) atoms. The molecule has 0 amide bonds. The number of nitrogens with one attached hydrogen (secondary N) is 2. The maximum Gasteiger partial charge on any atom is 0.264 e. The highest BCUT2D eigenvalue weighted by molar-refractivity contribution is 7.93. The van der Waals surface area contributed by atoms with Gasteiger partial charge in [0.1, 0.15) is 5.01 Å². The van der Waals surface area contributed by atoms with Gasteiger partial charge in [-0.3, -0.25) is 4.72 Å². The van der Waals surface area contributed by atoms with Gasteiger partial charge in [-0.2, -0.15) is 0 Å². The molecule has 0 saturated heterocycles. The van der Waals surface area contributed by atoms with Crippen molar-refractivity contribution in [2.75, 3.05) is 11.3 Å². The first-order valence-corrected chi connectivity index (χ1v) is 9.36. The van der Waals surface area contributed by atoms with E-state index in [1.807, 2.05) is 13.8 Å². The average molecular weight is 332 g/mol. The van der Waals surface area contributed by atoms with Crippen molar-refractivity contribution in [3.63, 3.8) is 0 Å². The molecule has 0 bridgehead atoms. The van der Waals surface area contributed by atoms with E-state index in [-0.39, 0.29) is 4.90 Å². The molecule has 2 aromatic heterocycles. The number of aryl methyl sites for hydroxylation is 1. The van der Waals surface area contributed by atoms with E-state index in [0.717, 1.165) is 22.9 Å². The number of sulfonamides is 1. The van der Waals surface area contributed by atoms with Crippen molar-refractivity contribution < 1.29 is 8.42 Å². The molecule has 0 radical (unpaired) electrons. The highest BCUT2D eigenvalue weighted by Gasteiger charge is 2.18. The second-order valence-electron chi connectivity index (χ2n) is 3.99. The molecule has 2 rings (SSSR count). The predicted molar refractivity (Wildman–Crippen MR) is 81.8 cm³/mol. The van der Waals surface area contributed by atoms with Gasteiger partial charge in [0.05, 0.1) is 4.90 Å². The fraction of sp³-hybridized carbons (Fsp3) is 0.455. The van der Waals surface area contributed by atoms with E-state index in [0.29, 0.717) is 11.7 Å². The van der Waals surface area contributed by atoms with Gasteiger partial charge >= 0.3 is 0 Å². The first kappa shape index (κ1) is 15.4. The zero-order valence-corrected chi connectivity index (χ0v) is 13.7. The van der Waals surface area contributed by atoms with E-state index in [9.17, 15) is 8.42 Å². The summed E-state index contributed by atoms with van der Waals surface area (Å²) < 4.78 is 26.9. The second-order valence-corrected chi connectivity index (χ2v) is 7.73. The van der Waals surface area contributed by atoms with Crippen LogP contribution < -0.4 is 10.0 Å². The molecule has 0 atom stereocenters. The Kier molecular flexibility index (Phi) is 5.08. The molecular weight excluding hydrogens is 316 g/mol. The zero-order chi connectivity index (χ0) is 14.6. The first-order valence-electron chi connectivity index (χ1n) is 6.18. The van der Waals surface area contributed by atoms with Gasteiger partial charge in [0.15, 0.2) is 0 Å². The Balaban J connectivity index is 2.11. The molecule has 0 aliphatic rings. The smallest absolute Gasteiger partial charge is 0.264 e. The monoisotopic (exact) mass is 332 g/mol. The van der Waals surface area contributed by atoms with Gasteiger partial charge in [-0.1, -0.05) is 25.2 Å². The van der Waals surface area contributed by atoms with Gasteiger partial charge < -0.3 is 5.32 Å². The Hall–Kier alpha value is -1.03. The van der Waals surface area contributed by atoms with E-state index in [2.05, 4.69) is 20.2 Å². The van der Waals surface area contributed by atoms with Crippen molar-refractivity contribution in [3.8, 4) is 0 Å². The van der Waals surface area contributed by atoms with Crippen molar-refractivity contribution in [1.29, 1.82) is 0 Å². The lowest BCUT2D eigenvalue weighted by Gasteiger charge is -2.01. The number of nitrogens with zero attached hydrogens (tertiary/aromatic N) is 2. The highest BCUT2D eigenvalue weighted by Crippen LogP contribution is 2.23. The van der Waals surface area contributed by atoms with Gasteiger partial charge in [-0.25, -0.2) is 8.42 Å². The molecule has 110 valence electrons. The van der Waals surface area contributed by atoms with E-state index in [4.69, 9.17) is 0 Å². The number of hydrogen-bond acceptors (Lipinski definition) is 7. The van der Waals surface area contributed by atoms with Crippen LogP contribution in [0.3, 0.4) is 0 Å². The topological polar surface area (TPSA) is 84.0 Å². The summed E-state index contributed by atoms with van der Waals surface area (Å²) >= 11 is 2.68. The maximum atomic E-state index is 12.2. The van der Waals surface area contributed by atoms with Crippen molar-refractivity contribution in [2.45, 2.75) is 31.7 Å². The van der Waals surface area contributed by atoms with E-state index < -0.39 is 10.0 Å². The molecule has 0 aliphatic carbocycles. The molecule has 0 saturated carbocycles. The van der Waals surface area contributed by atoms with Crippen molar-refractivity contribution in [3.05, 3.63) is 21.3 Å². The molecular formula is C11H16N4O2S3. The third kappa shape index (κ3) is 3.75. The summed E-state index contributed by atoms with van der Waals surface area (Å²) in [4.78, 5) is 1.25. The summed E-state index contributed by atoms with van der Waals surface area (Å²) in [6.45, 7) is 5.48. The van der Waals surface area contributed by atoms with Crippen LogP contribution >= 0.6 is 22.7 Å². The van der Waals surface area contributed by atoms with Crippen LogP contribution in [0.4, 0.5) is 5.13 Å². The SMILES string of the molecule is CCNCc1cc(S(=O)(=O)Nc2nnc(CC)s2)cs1. The molecule has 2 heterocycles. The zero-order valence-electron chi connectivity index (χ0n) is 11.2. The minimum atomic E-state index is -3.57. The number of rotatable bonds is 7. The third-order valence-electron chi connectivity index (χ3n) is 2.48. The second kappa shape index (κ2) is 6.61. The Morgan fingerprint density at radius 2 is 2.10 bits per heavy atom. The van der Waals surface area contributed by atoms with Gasteiger partial charge in [-0.05, 0) is 19.0 Å². The molecule has 0 aliphatic heterocycles. The summed E-state index contributed by atoms with van der Waals surface area (Å²) in [5.74, 6) is 0. The predicted octanol–water partition coefficient (Wildman–Crippen LogP) is 2.07. The van der Waals surface area contributed by atoms with Crippen molar-refractivity contribution in [2.24, 2.45) is 0 Å². The summed E-state index contributed by atoms with van der Waals surface area (Å²) in [7, 11) is -3.57. The maximum absolute atomic E-state index is 12.2. The third-order valence-corrected chi connectivity index (χ3v) is 6.00. The van der Waals surface area contributed by atoms with Gasteiger partial charge in [-0.15, -0.1) is 21.5 Å². The molecule has 9 heteroatoms. The van der Waals surface area contributed by atoms with Crippen LogP contribution in [0, 0.1) is 0 Å². The average Bonchev–Trinajstić information content (AvgIpc) is 3.04. The summed E-state index contributed by atoms with van der Waals surface area (Å²) in [6.07, 6.45) is 0.741. The van der Waals surface area contributed by atoms with Crippen LogP contribution in [-0.2, 0) is 23.0 Å². The summed E-state index contributed by atoms with van der Waals surface area (Å²) in [5.41, 5.74) is 0. The molecule has 0 unspecified atom stereocenters. The van der Waals surface area contributed by atoms with Gasteiger partial charge in [0.25, 0.3) is 10.0 Å². The van der Waals surface area contributed by atoms with E-state index >= 15 is 0 Å². The van der Waals surface area contributed by atoms with Crippen LogP contribution in [0.2, 0.25) is 0 Å². The molecule has 0 aromatic carbocycles. The van der Waals surface area contributed by atoms with Gasteiger partial charge in [0.2, 0.25) is 5.13 Å². The van der Waals surface area contributed by atoms with E-state index in [1.165, 1.54) is 22.7 Å². The fourth-order valence-electron chi connectivity index (χ4n) is 1.45. The number of thiophene rings is 1. The lowest BCUT2D eigenvalue weighted by molar-refractivity contribution is 0.601. The minimum absolute atomic E-state index is 0.267. The Labute approximate surface area is 126 Å². The van der Waals surface area contributed by atoms with Crippen LogP contribution in [0.15, 0.2) is 16.3 Å². The lowest BCUT2D eigenvalue weighted by Crippen LogP contribution is -2.12. The highest BCUT2D eigenvalue weighted by atomic mass is 32.2. The molecule has 0 spiro atoms. The van der Waals surface area contributed by atoms with Crippen molar-refractivity contribution in [1.82, 2.24) is 15.5 Å². The molecule has 2 aromatic rings. The first-order chi connectivity index (χ1) is 9.55. The van der Waals surface area contributed by atoms with Crippen molar-refractivity contribution >= 4 is 37.8 Å². The van der Waals surface area contributed by atoms with Gasteiger partial charge in [0, 0.05) is 16.8 Å². The summed E-state index contributed by atoms with van der Waals surface area (Å²) in [5, 5.41) is 13.6. The number of aromatic nitrogens is 2. The Bertz CT molecular complexity index is 663. The van der Waals surface area contributed by atoms with E-state index in [1.54, 1.807) is 11.4 Å². The largest absolute Gasteiger partial charge is 0.312 e. The molecule has 0 fully saturated rings. The number of hydrogen-bond donors (Lipinski definition) is 2. The Morgan fingerprint density at radius 1 is 1.30 bits per heavy atom. The number of anilines is 1. The molecule has 6 nitrogen and oxygen atoms in total. The summed E-state index contributed by atoms with van der Waals surface area (Å²) in [6, 6.07) is 1.68. The van der Waals surface area contributed by atoms with Crippen LogP contribution in [0.25, 0.3) is 0 Å². The van der Waals surface area contributed by atoms with Crippen LogP contribution in [0.5, 0.6) is 0 Å². The fourth-order valence-corrected chi connectivity index (χ4v) is 4.61. The van der Waals surface area contributed by atoms with Crippen LogP contribution in [-0.4, -0.2) is 25.2 Å². The quantitative estimate of drug-likeness (QED) is 0.811.